The van der Waals surface area contributed by atoms with Gasteiger partial charge >= 0.3 is 0 Å². The van der Waals surface area contributed by atoms with Crippen LogP contribution < -0.4 is 9.46 Å². The van der Waals surface area contributed by atoms with E-state index in [1.807, 2.05) is 6.92 Å². The predicted molar refractivity (Wildman–Crippen MR) is 135 cm³/mol. The zero-order chi connectivity index (χ0) is 26.0. The molecule has 1 fully saturated rings. The van der Waals surface area contributed by atoms with Crippen molar-refractivity contribution in [3.8, 4) is 17.3 Å². The third-order valence-corrected chi connectivity index (χ3v) is 7.71. The van der Waals surface area contributed by atoms with Crippen LogP contribution in [0, 0.1) is 12.7 Å². The lowest BCUT2D eigenvalue weighted by molar-refractivity contribution is 0.0946. The van der Waals surface area contributed by atoms with E-state index in [0.717, 1.165) is 37.7 Å². The molecule has 2 N–H and O–H groups in total. The first-order chi connectivity index (χ1) is 17.8. The van der Waals surface area contributed by atoms with Gasteiger partial charge in [-0.3, -0.25) is 9.82 Å². The van der Waals surface area contributed by atoms with Gasteiger partial charge in [-0.1, -0.05) is 12.1 Å². The number of anilines is 1. The SMILES string of the molecule is Cc1[nH]nc2nc(-c3ccc(NS(=O)(=O)c4ccccc4F)cc3)nc(OC3CCN(CCF)CC3)c12. The first kappa shape index (κ1) is 25.0. The standard InChI is InChI=1S/C25H26F2N6O3S/c1-16-22-24(31-30-16)28-23(29-25(22)36-19-10-13-33(14-11-19)15-12-26)17-6-8-18(9-7-17)32-37(34,35)21-5-3-2-4-20(21)27/h2-9,19,32H,10-15H2,1H3,(H,28,29,30,31). The minimum absolute atomic E-state index is 0.0636. The Bertz CT molecular complexity index is 1500. The summed E-state index contributed by atoms with van der Waals surface area (Å²) in [5, 5.41) is 7.89. The Kier molecular flexibility index (Phi) is 7.02. The van der Waals surface area contributed by atoms with Gasteiger partial charge < -0.3 is 9.64 Å². The number of nitrogens with zero attached hydrogens (tertiary/aromatic N) is 4. The van der Waals surface area contributed by atoms with E-state index in [-0.39, 0.29) is 18.5 Å². The minimum atomic E-state index is -4.09. The van der Waals surface area contributed by atoms with Gasteiger partial charge in [-0.15, -0.1) is 0 Å². The quantitative estimate of drug-likeness (QED) is 0.354. The zero-order valence-corrected chi connectivity index (χ0v) is 20.9. The fourth-order valence-electron chi connectivity index (χ4n) is 4.33. The smallest absolute Gasteiger partial charge is 0.264 e. The van der Waals surface area contributed by atoms with Crippen LogP contribution in [0.5, 0.6) is 5.88 Å². The highest BCUT2D eigenvalue weighted by Gasteiger charge is 2.24. The van der Waals surface area contributed by atoms with Crippen LogP contribution >= 0.6 is 0 Å². The van der Waals surface area contributed by atoms with E-state index in [4.69, 9.17) is 4.74 Å². The number of piperidine rings is 1. The van der Waals surface area contributed by atoms with Gasteiger partial charge in [0.15, 0.2) is 11.5 Å². The predicted octanol–water partition coefficient (Wildman–Crippen LogP) is 4.08. The molecular weight excluding hydrogens is 502 g/mol. The maximum atomic E-state index is 14.0. The van der Waals surface area contributed by atoms with E-state index in [1.54, 1.807) is 24.3 Å². The number of nitrogens with one attached hydrogen (secondary N) is 2. The van der Waals surface area contributed by atoms with E-state index in [1.165, 1.54) is 18.2 Å². The summed E-state index contributed by atoms with van der Waals surface area (Å²) in [7, 11) is -4.09. The van der Waals surface area contributed by atoms with Gasteiger partial charge in [0.25, 0.3) is 10.0 Å². The van der Waals surface area contributed by atoms with Gasteiger partial charge in [-0.05, 0) is 56.2 Å². The molecule has 5 rings (SSSR count). The van der Waals surface area contributed by atoms with E-state index in [9.17, 15) is 17.2 Å². The zero-order valence-electron chi connectivity index (χ0n) is 20.1. The van der Waals surface area contributed by atoms with Crippen LogP contribution in [0.15, 0.2) is 53.4 Å². The number of aryl methyl sites for hydroxylation is 1. The molecule has 0 amide bonds. The second-order valence-corrected chi connectivity index (χ2v) is 10.5. The molecule has 1 saturated heterocycles. The normalized spacial score (nSPS) is 15.2. The molecule has 0 spiro atoms. The van der Waals surface area contributed by atoms with Gasteiger partial charge in [0, 0.05) is 36.6 Å². The Balaban J connectivity index is 1.38. The lowest BCUT2D eigenvalue weighted by Crippen LogP contribution is -2.39. The summed E-state index contributed by atoms with van der Waals surface area (Å²) in [5.41, 5.74) is 2.13. The molecule has 0 radical (unpaired) electrons. The summed E-state index contributed by atoms with van der Waals surface area (Å²) in [5.74, 6) is -0.0462. The molecule has 1 aliphatic rings. The fourth-order valence-corrected chi connectivity index (χ4v) is 5.47. The number of hydrogen-bond donors (Lipinski definition) is 2. The lowest BCUT2D eigenvalue weighted by Gasteiger charge is -2.31. The Morgan fingerprint density at radius 1 is 1.11 bits per heavy atom. The van der Waals surface area contributed by atoms with Crippen molar-refractivity contribution >= 4 is 26.7 Å². The van der Waals surface area contributed by atoms with E-state index in [0.29, 0.717) is 34.8 Å². The van der Waals surface area contributed by atoms with Crippen molar-refractivity contribution in [2.45, 2.75) is 30.8 Å². The molecule has 37 heavy (non-hydrogen) atoms. The molecule has 194 valence electrons. The van der Waals surface area contributed by atoms with Gasteiger partial charge in [-0.25, -0.2) is 22.2 Å². The lowest BCUT2D eigenvalue weighted by atomic mass is 10.1. The molecule has 3 heterocycles. The summed E-state index contributed by atoms with van der Waals surface area (Å²) in [6, 6.07) is 11.6. The van der Waals surface area contributed by atoms with E-state index in [2.05, 4.69) is 29.8 Å². The van der Waals surface area contributed by atoms with Crippen LogP contribution in [0.25, 0.3) is 22.4 Å². The van der Waals surface area contributed by atoms with Gasteiger partial charge in [0.05, 0.1) is 0 Å². The van der Waals surface area contributed by atoms with Crippen LogP contribution in [0.3, 0.4) is 0 Å². The fraction of sp³-hybridized carbons (Fsp3) is 0.320. The third-order valence-electron chi connectivity index (χ3n) is 6.30. The van der Waals surface area contributed by atoms with Crippen molar-refractivity contribution < 1.29 is 21.9 Å². The van der Waals surface area contributed by atoms with Crippen molar-refractivity contribution in [2.75, 3.05) is 31.0 Å². The topological polar surface area (TPSA) is 113 Å². The molecule has 0 aliphatic carbocycles. The van der Waals surface area contributed by atoms with E-state index >= 15 is 0 Å². The van der Waals surface area contributed by atoms with Crippen molar-refractivity contribution in [1.82, 2.24) is 25.1 Å². The highest BCUT2D eigenvalue weighted by molar-refractivity contribution is 7.92. The number of aromatic nitrogens is 4. The number of H-pyrrole nitrogens is 1. The van der Waals surface area contributed by atoms with Crippen molar-refractivity contribution in [3.63, 3.8) is 0 Å². The van der Waals surface area contributed by atoms with Gasteiger partial charge in [0.2, 0.25) is 5.88 Å². The largest absolute Gasteiger partial charge is 0.474 e. The van der Waals surface area contributed by atoms with Crippen LogP contribution in [0.2, 0.25) is 0 Å². The number of alkyl halides is 1. The summed E-state index contributed by atoms with van der Waals surface area (Å²) in [6.45, 7) is 3.45. The average molecular weight is 529 g/mol. The van der Waals surface area contributed by atoms with Gasteiger partial charge in [0.1, 0.15) is 28.9 Å². The molecular formula is C25H26F2N6O3S. The Morgan fingerprint density at radius 2 is 1.84 bits per heavy atom. The second-order valence-electron chi connectivity index (χ2n) is 8.86. The summed E-state index contributed by atoms with van der Waals surface area (Å²) in [6.07, 6.45) is 1.45. The van der Waals surface area contributed by atoms with Crippen molar-refractivity contribution in [1.29, 1.82) is 0 Å². The van der Waals surface area contributed by atoms with Crippen molar-refractivity contribution in [3.05, 3.63) is 60.0 Å². The molecule has 4 aromatic rings. The molecule has 12 heteroatoms. The Morgan fingerprint density at radius 3 is 2.54 bits per heavy atom. The molecule has 0 unspecified atom stereocenters. The second kappa shape index (κ2) is 10.4. The number of benzene rings is 2. The maximum Gasteiger partial charge on any atom is 0.264 e. The maximum absolute atomic E-state index is 14.0. The third kappa shape index (κ3) is 5.39. The first-order valence-corrected chi connectivity index (χ1v) is 13.4. The van der Waals surface area contributed by atoms with Crippen LogP contribution in [0.4, 0.5) is 14.5 Å². The summed E-state index contributed by atoms with van der Waals surface area (Å²) in [4.78, 5) is 10.9. The number of fused-ring (bicyclic) bond motifs is 1. The van der Waals surface area contributed by atoms with Crippen LogP contribution in [0.1, 0.15) is 18.5 Å². The molecule has 1 aliphatic heterocycles. The van der Waals surface area contributed by atoms with Crippen molar-refractivity contribution in [2.24, 2.45) is 0 Å². The summed E-state index contributed by atoms with van der Waals surface area (Å²) >= 11 is 0. The number of rotatable bonds is 8. The number of aromatic amines is 1. The minimum Gasteiger partial charge on any atom is -0.474 e. The van der Waals surface area contributed by atoms with Crippen LogP contribution in [-0.4, -0.2) is 65.9 Å². The van der Waals surface area contributed by atoms with Gasteiger partial charge in [-0.2, -0.15) is 10.1 Å². The molecule has 0 bridgehead atoms. The first-order valence-electron chi connectivity index (χ1n) is 11.9. The molecule has 0 saturated carbocycles. The number of sulfonamides is 1. The highest BCUT2D eigenvalue weighted by Crippen LogP contribution is 2.30. The Hall–Kier alpha value is -3.64. The van der Waals surface area contributed by atoms with Crippen LogP contribution in [-0.2, 0) is 10.0 Å². The van der Waals surface area contributed by atoms with E-state index < -0.39 is 20.7 Å². The molecule has 2 aromatic heterocycles. The Labute approximate surface area is 212 Å². The summed E-state index contributed by atoms with van der Waals surface area (Å²) < 4.78 is 60.5. The number of halogens is 2. The molecule has 9 nitrogen and oxygen atoms in total. The molecule has 0 atom stereocenters. The average Bonchev–Trinajstić information content (AvgIpc) is 3.26. The monoisotopic (exact) mass is 528 g/mol. The number of likely N-dealkylation sites (tertiary alicyclic amines) is 1. The molecule has 2 aromatic carbocycles. The highest BCUT2D eigenvalue weighted by atomic mass is 32.2. The number of hydrogen-bond acceptors (Lipinski definition) is 7. The number of ether oxygens (including phenoxy) is 1.